The van der Waals surface area contributed by atoms with Gasteiger partial charge in [-0.3, -0.25) is 4.79 Å². The van der Waals surface area contributed by atoms with Gasteiger partial charge in [-0.05, 0) is 81.4 Å². The molecule has 214 valence electrons. The second-order valence-corrected chi connectivity index (χ2v) is 13.7. The highest BCUT2D eigenvalue weighted by Gasteiger charge is 2.71. The predicted octanol–water partition coefficient (Wildman–Crippen LogP) is 0.717. The molecule has 1 saturated heterocycles. The fourth-order valence-corrected chi connectivity index (χ4v) is 9.28. The smallest absolute Gasteiger partial charge is 0.185 e. The Labute approximate surface area is 223 Å². The van der Waals surface area contributed by atoms with E-state index in [1.807, 2.05) is 27.7 Å². The molecule has 0 spiro atoms. The number of hydrogen-bond acceptors (Lipinski definition) is 9. The van der Waals surface area contributed by atoms with Crippen LogP contribution in [0.3, 0.4) is 0 Å². The summed E-state index contributed by atoms with van der Waals surface area (Å²) in [5, 5.41) is 77.7. The maximum atomic E-state index is 13.4. The van der Waals surface area contributed by atoms with Crippen LogP contribution in [0.5, 0.6) is 0 Å². The lowest BCUT2D eigenvalue weighted by molar-refractivity contribution is -0.258. The van der Waals surface area contributed by atoms with E-state index in [1.54, 1.807) is 6.92 Å². The highest BCUT2D eigenvalue weighted by Crippen LogP contribution is 2.68. The molecule has 1 heterocycles. The Morgan fingerprint density at radius 2 is 1.71 bits per heavy atom. The van der Waals surface area contributed by atoms with Crippen molar-refractivity contribution in [2.75, 3.05) is 0 Å². The maximum absolute atomic E-state index is 13.4. The van der Waals surface area contributed by atoms with Gasteiger partial charge in [0.1, 0.15) is 6.10 Å². The van der Waals surface area contributed by atoms with Crippen molar-refractivity contribution in [2.24, 2.45) is 28.6 Å². The second-order valence-electron chi connectivity index (χ2n) is 13.7. The van der Waals surface area contributed by atoms with Crippen LogP contribution in [0, 0.1) is 28.6 Å². The summed E-state index contributed by atoms with van der Waals surface area (Å²) in [5.41, 5.74) is -2.99. The van der Waals surface area contributed by atoms with Crippen LogP contribution in [0.2, 0.25) is 0 Å². The van der Waals surface area contributed by atoms with Gasteiger partial charge in [0.25, 0.3) is 0 Å². The number of carbonyl (C=O) groups excluding carboxylic acids is 1. The van der Waals surface area contributed by atoms with Crippen LogP contribution in [0.1, 0.15) is 73.1 Å². The highest BCUT2D eigenvalue weighted by atomic mass is 16.6. The average Bonchev–Trinajstić information content (AvgIpc) is 3.08. The van der Waals surface area contributed by atoms with Crippen molar-refractivity contribution in [1.29, 1.82) is 0 Å². The van der Waals surface area contributed by atoms with Crippen molar-refractivity contribution < 1.29 is 45.3 Å². The van der Waals surface area contributed by atoms with Crippen molar-refractivity contribution in [3.05, 3.63) is 22.8 Å². The van der Waals surface area contributed by atoms with E-state index in [9.17, 15) is 40.5 Å². The summed E-state index contributed by atoms with van der Waals surface area (Å²) in [5.74, 6) is -1.91. The summed E-state index contributed by atoms with van der Waals surface area (Å²) in [4.78, 5) is 13.4. The standard InChI is InChI=1S/C29H44O9/c1-13(2)14-8-22(38-25(35)24(14)34)28(5,36)21-6-7-29(37)16-10-17(30)15-9-18(31)19(32)11-26(15,3)23(16)20(33)12-27(21,29)4/h10,15,18-25,31-37H,6-9,11-12H2,1-5H3/t15-,18+,19-,20+,21-,22-,23+,24+,25-,26-,27+,28+,29+/m0/s1. The molecule has 9 nitrogen and oxygen atoms in total. The van der Waals surface area contributed by atoms with Gasteiger partial charge in [0, 0.05) is 23.7 Å². The van der Waals surface area contributed by atoms with E-state index < -0.39 is 76.6 Å². The molecule has 9 heteroatoms. The Balaban J connectivity index is 1.53. The minimum atomic E-state index is -1.54. The first kappa shape index (κ1) is 28.4. The van der Waals surface area contributed by atoms with E-state index in [0.717, 1.165) is 5.57 Å². The third-order valence-corrected chi connectivity index (χ3v) is 11.4. The molecule has 0 aromatic heterocycles. The van der Waals surface area contributed by atoms with Crippen molar-refractivity contribution >= 4 is 5.78 Å². The Morgan fingerprint density at radius 3 is 2.34 bits per heavy atom. The van der Waals surface area contributed by atoms with Gasteiger partial charge in [0.15, 0.2) is 12.1 Å². The summed E-state index contributed by atoms with van der Waals surface area (Å²) < 4.78 is 5.73. The molecule has 7 N–H and O–H groups in total. The molecule has 0 bridgehead atoms. The average molecular weight is 537 g/mol. The van der Waals surface area contributed by atoms with Crippen molar-refractivity contribution in [1.82, 2.24) is 0 Å². The molecule has 1 aliphatic heterocycles. The number of fused-ring (bicyclic) bond motifs is 5. The van der Waals surface area contributed by atoms with Crippen molar-refractivity contribution in [2.45, 2.75) is 121 Å². The molecule has 4 fully saturated rings. The van der Waals surface area contributed by atoms with E-state index in [4.69, 9.17) is 4.74 Å². The number of ether oxygens (including phenoxy) is 1. The second kappa shape index (κ2) is 8.91. The molecule has 3 saturated carbocycles. The molecule has 4 aliphatic carbocycles. The maximum Gasteiger partial charge on any atom is 0.185 e. The van der Waals surface area contributed by atoms with E-state index in [-0.39, 0.29) is 37.9 Å². The number of rotatable bonds is 2. The lowest BCUT2D eigenvalue weighted by atomic mass is 9.44. The van der Waals surface area contributed by atoms with Crippen LogP contribution in [0.4, 0.5) is 0 Å². The number of ketones is 1. The van der Waals surface area contributed by atoms with Gasteiger partial charge in [0.2, 0.25) is 0 Å². The van der Waals surface area contributed by atoms with Crippen LogP contribution in [-0.2, 0) is 9.53 Å². The number of aliphatic hydroxyl groups is 7. The van der Waals surface area contributed by atoms with Gasteiger partial charge < -0.3 is 40.5 Å². The molecule has 0 aromatic rings. The van der Waals surface area contributed by atoms with Gasteiger partial charge in [-0.2, -0.15) is 0 Å². The summed E-state index contributed by atoms with van der Waals surface area (Å²) in [6.07, 6.45) is -3.77. The van der Waals surface area contributed by atoms with Crippen LogP contribution >= 0.6 is 0 Å². The molecular formula is C29H44O9. The van der Waals surface area contributed by atoms with Crippen LogP contribution in [0.15, 0.2) is 22.8 Å². The van der Waals surface area contributed by atoms with Gasteiger partial charge in [-0.25, -0.2) is 0 Å². The monoisotopic (exact) mass is 536 g/mol. The van der Waals surface area contributed by atoms with Gasteiger partial charge in [0.05, 0.1) is 35.6 Å². The molecule has 5 rings (SSSR count). The van der Waals surface area contributed by atoms with E-state index in [1.165, 1.54) is 6.08 Å². The lowest BCUT2D eigenvalue weighted by Crippen LogP contribution is -2.66. The first-order valence-corrected chi connectivity index (χ1v) is 13.9. The third-order valence-electron chi connectivity index (χ3n) is 11.4. The SMILES string of the molecule is CC(C)=C1C[C@@H]([C@](C)(O)[C@H]2CC[C@@]3(O)C4=CC(=O)[C@@H]5C[C@@H](O)[C@@H](O)C[C@]5(C)[C@H]4[C@H](O)C[C@]23C)O[C@H](O)[C@@H]1O. The van der Waals surface area contributed by atoms with Gasteiger partial charge in [-0.15, -0.1) is 0 Å². The molecule has 13 atom stereocenters. The molecule has 0 unspecified atom stereocenters. The van der Waals surface area contributed by atoms with Gasteiger partial charge >= 0.3 is 0 Å². The van der Waals surface area contributed by atoms with Gasteiger partial charge in [-0.1, -0.05) is 19.4 Å². The zero-order valence-corrected chi connectivity index (χ0v) is 23.0. The van der Waals surface area contributed by atoms with E-state index in [0.29, 0.717) is 17.6 Å². The van der Waals surface area contributed by atoms with Crippen LogP contribution in [0.25, 0.3) is 0 Å². The Hall–Kier alpha value is -1.17. The van der Waals surface area contributed by atoms with Crippen LogP contribution < -0.4 is 0 Å². The highest BCUT2D eigenvalue weighted by molar-refractivity contribution is 5.95. The number of aliphatic hydroxyl groups excluding tert-OH is 5. The Morgan fingerprint density at radius 1 is 1.05 bits per heavy atom. The van der Waals surface area contributed by atoms with E-state index >= 15 is 0 Å². The number of carbonyl (C=O) groups is 1. The largest absolute Gasteiger partial charge is 0.392 e. The minimum absolute atomic E-state index is 0.108. The summed E-state index contributed by atoms with van der Waals surface area (Å²) in [7, 11) is 0. The molecular weight excluding hydrogens is 492 g/mol. The number of allylic oxidation sites excluding steroid dienone is 2. The lowest BCUT2D eigenvalue weighted by Gasteiger charge is -2.62. The zero-order chi connectivity index (χ0) is 28.2. The normalized spacial score (nSPS) is 52.4. The van der Waals surface area contributed by atoms with Crippen molar-refractivity contribution in [3.8, 4) is 0 Å². The predicted molar refractivity (Wildman–Crippen MR) is 136 cm³/mol. The van der Waals surface area contributed by atoms with Crippen LogP contribution in [-0.4, -0.2) is 89.5 Å². The number of hydrogen-bond donors (Lipinski definition) is 7. The quantitative estimate of drug-likeness (QED) is 0.252. The van der Waals surface area contributed by atoms with Crippen molar-refractivity contribution in [3.63, 3.8) is 0 Å². The fourth-order valence-electron chi connectivity index (χ4n) is 9.28. The topological polar surface area (TPSA) is 168 Å². The van der Waals surface area contributed by atoms with E-state index in [2.05, 4.69) is 0 Å². The Kier molecular flexibility index (Phi) is 6.65. The molecule has 5 aliphatic rings. The molecule has 0 radical (unpaired) electrons. The first-order valence-electron chi connectivity index (χ1n) is 13.9. The summed E-state index contributed by atoms with van der Waals surface area (Å²) in [6.45, 7) is 8.99. The Bertz CT molecular complexity index is 1060. The summed E-state index contributed by atoms with van der Waals surface area (Å²) >= 11 is 0. The first-order chi connectivity index (χ1) is 17.5. The molecule has 0 amide bonds. The minimum Gasteiger partial charge on any atom is -0.392 e. The summed E-state index contributed by atoms with van der Waals surface area (Å²) in [6, 6.07) is 0. The zero-order valence-electron chi connectivity index (χ0n) is 23.0. The third kappa shape index (κ3) is 3.70. The fraction of sp³-hybridized carbons (Fsp3) is 0.828. The molecule has 38 heavy (non-hydrogen) atoms. The molecule has 0 aromatic carbocycles.